The van der Waals surface area contributed by atoms with Crippen molar-refractivity contribution in [1.29, 1.82) is 0 Å². The summed E-state index contributed by atoms with van der Waals surface area (Å²) in [5.74, 6) is 0.407. The normalized spacial score (nSPS) is 9.09. The van der Waals surface area contributed by atoms with Crippen LogP contribution in [0.25, 0.3) is 4.85 Å². The highest BCUT2D eigenvalue weighted by Gasteiger charge is 2.12. The molecule has 11 heavy (non-hydrogen) atoms. The van der Waals surface area contributed by atoms with Crippen LogP contribution in [-0.4, -0.2) is 12.3 Å². The summed E-state index contributed by atoms with van der Waals surface area (Å²) in [5, 5.41) is 0. The average molecular weight is 149 g/mol. The smallest absolute Gasteiger partial charge is 0.276 e. The molecule has 1 aromatic rings. The summed E-state index contributed by atoms with van der Waals surface area (Å²) in [6, 6.07) is 1.59. The van der Waals surface area contributed by atoms with Crippen molar-refractivity contribution in [2.45, 2.75) is 6.92 Å². The van der Waals surface area contributed by atoms with Crippen molar-refractivity contribution in [2.75, 3.05) is 6.54 Å². The average Bonchev–Trinajstić information content (AvgIpc) is 2.36. The minimum absolute atomic E-state index is 0.0969. The third-order valence-corrected chi connectivity index (χ3v) is 1.38. The van der Waals surface area contributed by atoms with E-state index < -0.39 is 0 Å². The Hall–Kier alpha value is -1.56. The minimum atomic E-state index is -0.175. The lowest BCUT2D eigenvalue weighted by Crippen LogP contribution is -2.01. The van der Waals surface area contributed by atoms with Crippen molar-refractivity contribution >= 4 is 5.78 Å². The van der Waals surface area contributed by atoms with Gasteiger partial charge in [0.25, 0.3) is 6.54 Å². The molecule has 1 aromatic heterocycles. The standard InChI is InChI=1S/C8H7NO2/c1-6-7(3-4-11-6)8(10)5-9-2/h3-4H,5H2,1H3. The summed E-state index contributed by atoms with van der Waals surface area (Å²) in [4.78, 5) is 14.0. The van der Waals surface area contributed by atoms with E-state index in [1.807, 2.05) is 0 Å². The Labute approximate surface area is 64.4 Å². The fraction of sp³-hybridized carbons (Fsp3) is 0.250. The van der Waals surface area contributed by atoms with Gasteiger partial charge in [-0.2, -0.15) is 0 Å². The summed E-state index contributed by atoms with van der Waals surface area (Å²) in [5.41, 5.74) is 0.515. The summed E-state index contributed by atoms with van der Waals surface area (Å²) in [6.45, 7) is 8.09. The number of nitrogens with zero attached hydrogens (tertiary/aromatic N) is 1. The second-order valence-electron chi connectivity index (χ2n) is 2.13. The molecule has 3 heteroatoms. The second kappa shape index (κ2) is 3.02. The molecule has 0 bridgehead atoms. The van der Waals surface area contributed by atoms with Gasteiger partial charge in [0.1, 0.15) is 5.76 Å². The van der Waals surface area contributed by atoms with E-state index in [1.165, 1.54) is 6.26 Å². The molecule has 0 aliphatic carbocycles. The number of rotatable bonds is 2. The molecule has 3 nitrogen and oxygen atoms in total. The molecule has 0 aliphatic heterocycles. The van der Waals surface area contributed by atoms with Gasteiger partial charge in [-0.25, -0.2) is 6.57 Å². The van der Waals surface area contributed by atoms with Crippen LogP contribution < -0.4 is 0 Å². The zero-order chi connectivity index (χ0) is 8.27. The van der Waals surface area contributed by atoms with E-state index in [0.717, 1.165) is 0 Å². The molecule has 0 fully saturated rings. The molecule has 1 heterocycles. The highest BCUT2D eigenvalue weighted by Crippen LogP contribution is 2.09. The van der Waals surface area contributed by atoms with Gasteiger partial charge < -0.3 is 9.26 Å². The lowest BCUT2D eigenvalue weighted by molar-refractivity contribution is 0.101. The Morgan fingerprint density at radius 1 is 1.82 bits per heavy atom. The predicted octanol–water partition coefficient (Wildman–Crippen LogP) is 1.69. The molecule has 0 atom stereocenters. The van der Waals surface area contributed by atoms with Gasteiger partial charge in [-0.05, 0) is 13.0 Å². The number of ketones is 1. The summed E-state index contributed by atoms with van der Waals surface area (Å²) >= 11 is 0. The van der Waals surface area contributed by atoms with E-state index in [-0.39, 0.29) is 12.3 Å². The number of aryl methyl sites for hydroxylation is 1. The van der Waals surface area contributed by atoms with Gasteiger partial charge in [0, 0.05) is 0 Å². The van der Waals surface area contributed by atoms with E-state index in [4.69, 9.17) is 11.0 Å². The quantitative estimate of drug-likeness (QED) is 0.473. The van der Waals surface area contributed by atoms with Crippen LogP contribution >= 0.6 is 0 Å². The van der Waals surface area contributed by atoms with Crippen LogP contribution in [0.3, 0.4) is 0 Å². The molecule has 56 valence electrons. The molecule has 0 unspecified atom stereocenters. The van der Waals surface area contributed by atoms with Crippen molar-refractivity contribution in [1.82, 2.24) is 0 Å². The first-order valence-corrected chi connectivity index (χ1v) is 3.16. The lowest BCUT2D eigenvalue weighted by Gasteiger charge is -1.88. The Morgan fingerprint density at radius 3 is 3.00 bits per heavy atom. The van der Waals surface area contributed by atoms with E-state index in [0.29, 0.717) is 11.3 Å². The zero-order valence-corrected chi connectivity index (χ0v) is 6.13. The zero-order valence-electron chi connectivity index (χ0n) is 6.13. The summed E-state index contributed by atoms with van der Waals surface area (Å²) in [6.07, 6.45) is 1.45. The fourth-order valence-corrected chi connectivity index (χ4v) is 0.831. The SMILES string of the molecule is [C-]#[N+]CC(=O)c1ccoc1C. The molecule has 0 amide bonds. The highest BCUT2D eigenvalue weighted by molar-refractivity contribution is 5.99. The van der Waals surface area contributed by atoms with Gasteiger partial charge in [0.2, 0.25) is 5.78 Å². The fourth-order valence-electron chi connectivity index (χ4n) is 0.831. The maximum atomic E-state index is 11.1. The number of carbonyl (C=O) groups excluding carboxylic acids is 1. The van der Waals surface area contributed by atoms with Crippen molar-refractivity contribution in [2.24, 2.45) is 0 Å². The number of hydrogen-bond donors (Lipinski definition) is 0. The van der Waals surface area contributed by atoms with E-state index in [2.05, 4.69) is 4.85 Å². The Bertz CT molecular complexity index is 306. The van der Waals surface area contributed by atoms with E-state index in [1.54, 1.807) is 13.0 Å². The first kappa shape index (κ1) is 7.55. The Balaban J connectivity index is 2.86. The highest BCUT2D eigenvalue weighted by atomic mass is 16.3. The number of carbonyl (C=O) groups is 1. The van der Waals surface area contributed by atoms with Crippen molar-refractivity contribution in [3.8, 4) is 0 Å². The molecule has 0 N–H and O–H groups in total. The topological polar surface area (TPSA) is 34.6 Å². The molecular formula is C8H7NO2. The van der Waals surface area contributed by atoms with Gasteiger partial charge in [0.15, 0.2) is 0 Å². The number of furan rings is 1. The maximum absolute atomic E-state index is 11.1. The van der Waals surface area contributed by atoms with Crippen LogP contribution in [0, 0.1) is 13.5 Å². The second-order valence-corrected chi connectivity index (χ2v) is 2.13. The molecular weight excluding hydrogens is 142 g/mol. The van der Waals surface area contributed by atoms with Crippen molar-refractivity contribution in [3.05, 3.63) is 35.1 Å². The van der Waals surface area contributed by atoms with Crippen LogP contribution in [-0.2, 0) is 0 Å². The van der Waals surface area contributed by atoms with E-state index in [9.17, 15) is 4.79 Å². The van der Waals surface area contributed by atoms with Gasteiger partial charge >= 0.3 is 0 Å². The van der Waals surface area contributed by atoms with Crippen LogP contribution in [0.4, 0.5) is 0 Å². The lowest BCUT2D eigenvalue weighted by atomic mass is 10.2. The number of Topliss-reactive ketones (excluding diaryl/α,β-unsaturated/α-hetero) is 1. The Morgan fingerprint density at radius 2 is 2.55 bits per heavy atom. The summed E-state index contributed by atoms with van der Waals surface area (Å²) in [7, 11) is 0. The van der Waals surface area contributed by atoms with Gasteiger partial charge in [-0.15, -0.1) is 0 Å². The van der Waals surface area contributed by atoms with Crippen LogP contribution in [0.5, 0.6) is 0 Å². The number of hydrogen-bond acceptors (Lipinski definition) is 2. The molecule has 0 aromatic carbocycles. The van der Waals surface area contributed by atoms with Gasteiger partial charge in [-0.3, -0.25) is 4.79 Å². The third kappa shape index (κ3) is 1.47. The molecule has 0 aliphatic rings. The van der Waals surface area contributed by atoms with Crippen molar-refractivity contribution in [3.63, 3.8) is 0 Å². The van der Waals surface area contributed by atoms with Crippen molar-refractivity contribution < 1.29 is 9.21 Å². The largest absolute Gasteiger partial charge is 0.469 e. The maximum Gasteiger partial charge on any atom is 0.276 e. The van der Waals surface area contributed by atoms with Crippen LogP contribution in [0.1, 0.15) is 16.1 Å². The molecule has 1 rings (SSSR count). The van der Waals surface area contributed by atoms with Gasteiger partial charge in [-0.1, -0.05) is 0 Å². The first-order chi connectivity index (χ1) is 5.25. The first-order valence-electron chi connectivity index (χ1n) is 3.16. The molecule has 0 saturated heterocycles. The summed E-state index contributed by atoms with van der Waals surface area (Å²) < 4.78 is 4.91. The molecule has 0 spiro atoms. The van der Waals surface area contributed by atoms with Crippen LogP contribution in [0.15, 0.2) is 16.7 Å². The third-order valence-electron chi connectivity index (χ3n) is 1.38. The molecule has 0 saturated carbocycles. The monoisotopic (exact) mass is 149 g/mol. The van der Waals surface area contributed by atoms with E-state index >= 15 is 0 Å². The minimum Gasteiger partial charge on any atom is -0.469 e. The Kier molecular flexibility index (Phi) is 2.07. The van der Waals surface area contributed by atoms with Gasteiger partial charge in [0.05, 0.1) is 11.8 Å². The predicted molar refractivity (Wildman–Crippen MR) is 39.2 cm³/mol. The molecule has 0 radical (unpaired) electrons. The van der Waals surface area contributed by atoms with Crippen LogP contribution in [0.2, 0.25) is 0 Å².